The molecule has 0 aliphatic heterocycles. The number of rotatable bonds is 3. The fraction of sp³-hybridized carbons (Fsp3) is 0.0952. The normalized spacial score (nSPS) is 11.1. The van der Waals surface area contributed by atoms with Crippen molar-refractivity contribution in [3.8, 4) is 0 Å². The molecule has 2 heterocycles. The first-order valence-corrected chi connectivity index (χ1v) is 9.24. The zero-order valence-electron chi connectivity index (χ0n) is 14.8. The Morgan fingerprint density at radius 2 is 1.75 bits per heavy atom. The van der Waals surface area contributed by atoms with Crippen molar-refractivity contribution in [2.24, 2.45) is 0 Å². The van der Waals surface area contributed by atoms with Gasteiger partial charge in [0.25, 0.3) is 5.91 Å². The van der Waals surface area contributed by atoms with Gasteiger partial charge in [0.2, 0.25) is 11.1 Å². The first-order chi connectivity index (χ1) is 13.4. The molecule has 0 atom stereocenters. The predicted octanol–water partition coefficient (Wildman–Crippen LogP) is 4.89. The number of halogens is 2. The van der Waals surface area contributed by atoms with E-state index in [0.717, 1.165) is 5.56 Å². The van der Waals surface area contributed by atoms with Gasteiger partial charge < -0.3 is 9.73 Å². The SMILES string of the molecule is Cc1nc2oc3ccc(Cl)cc3c(=O)c2cc1C(=O)NCc1ccc(Cl)cc1. The topological polar surface area (TPSA) is 72.2 Å². The fourth-order valence-corrected chi connectivity index (χ4v) is 3.25. The highest BCUT2D eigenvalue weighted by molar-refractivity contribution is 6.31. The number of aryl methyl sites for hydroxylation is 1. The summed E-state index contributed by atoms with van der Waals surface area (Å²) in [6, 6.07) is 13.5. The highest BCUT2D eigenvalue weighted by Gasteiger charge is 2.16. The Labute approximate surface area is 169 Å². The van der Waals surface area contributed by atoms with Gasteiger partial charge in [-0.2, -0.15) is 0 Å². The molecule has 2 aromatic heterocycles. The molecule has 2 aromatic carbocycles. The molecule has 0 bridgehead atoms. The summed E-state index contributed by atoms with van der Waals surface area (Å²) < 4.78 is 5.72. The average Bonchev–Trinajstić information content (AvgIpc) is 2.68. The summed E-state index contributed by atoms with van der Waals surface area (Å²) in [5, 5.41) is 4.47. The van der Waals surface area contributed by atoms with Crippen molar-refractivity contribution >= 4 is 51.2 Å². The van der Waals surface area contributed by atoms with E-state index in [1.807, 2.05) is 12.1 Å². The van der Waals surface area contributed by atoms with Crippen molar-refractivity contribution in [2.45, 2.75) is 13.5 Å². The lowest BCUT2D eigenvalue weighted by atomic mass is 10.1. The molecule has 0 saturated heterocycles. The van der Waals surface area contributed by atoms with Crippen LogP contribution in [-0.2, 0) is 6.54 Å². The number of nitrogens with one attached hydrogen (secondary N) is 1. The Bertz CT molecular complexity index is 1280. The van der Waals surface area contributed by atoms with Crippen molar-refractivity contribution < 1.29 is 9.21 Å². The van der Waals surface area contributed by atoms with Crippen LogP contribution in [-0.4, -0.2) is 10.9 Å². The molecule has 1 amide bonds. The van der Waals surface area contributed by atoms with Crippen LogP contribution in [0.25, 0.3) is 22.1 Å². The second-order valence-electron chi connectivity index (χ2n) is 6.35. The number of nitrogens with zero attached hydrogens (tertiary/aromatic N) is 1. The zero-order valence-corrected chi connectivity index (χ0v) is 16.3. The number of pyridine rings is 1. The number of hydrogen-bond acceptors (Lipinski definition) is 4. The van der Waals surface area contributed by atoms with E-state index in [1.165, 1.54) is 6.07 Å². The van der Waals surface area contributed by atoms with Crippen LogP contribution in [0.1, 0.15) is 21.6 Å². The Morgan fingerprint density at radius 3 is 2.50 bits per heavy atom. The van der Waals surface area contributed by atoms with E-state index in [0.29, 0.717) is 38.8 Å². The molecule has 0 spiro atoms. The van der Waals surface area contributed by atoms with Gasteiger partial charge in [-0.1, -0.05) is 35.3 Å². The highest BCUT2D eigenvalue weighted by Crippen LogP contribution is 2.22. The van der Waals surface area contributed by atoms with Crippen LogP contribution >= 0.6 is 23.2 Å². The van der Waals surface area contributed by atoms with Crippen molar-refractivity contribution in [3.05, 3.63) is 85.6 Å². The third-order valence-corrected chi connectivity index (χ3v) is 4.91. The molecule has 4 aromatic rings. The molecule has 140 valence electrons. The molecule has 0 fully saturated rings. The predicted molar refractivity (Wildman–Crippen MR) is 110 cm³/mol. The maximum Gasteiger partial charge on any atom is 0.253 e. The van der Waals surface area contributed by atoms with Crippen molar-refractivity contribution in [3.63, 3.8) is 0 Å². The van der Waals surface area contributed by atoms with E-state index in [2.05, 4.69) is 10.3 Å². The minimum Gasteiger partial charge on any atom is -0.437 e. The van der Waals surface area contributed by atoms with Gasteiger partial charge in [0.1, 0.15) is 5.58 Å². The lowest BCUT2D eigenvalue weighted by Crippen LogP contribution is -2.24. The Morgan fingerprint density at radius 1 is 1.04 bits per heavy atom. The van der Waals surface area contributed by atoms with E-state index in [9.17, 15) is 9.59 Å². The lowest BCUT2D eigenvalue weighted by molar-refractivity contribution is 0.0950. The number of fused-ring (bicyclic) bond motifs is 2. The van der Waals surface area contributed by atoms with Gasteiger partial charge >= 0.3 is 0 Å². The van der Waals surface area contributed by atoms with Crippen LogP contribution in [0, 0.1) is 6.92 Å². The molecule has 4 rings (SSSR count). The highest BCUT2D eigenvalue weighted by atomic mass is 35.5. The number of carbonyl (C=O) groups is 1. The van der Waals surface area contributed by atoms with Crippen LogP contribution in [0.2, 0.25) is 10.0 Å². The van der Waals surface area contributed by atoms with E-state index < -0.39 is 0 Å². The molecule has 0 saturated carbocycles. The molecule has 28 heavy (non-hydrogen) atoms. The van der Waals surface area contributed by atoms with Crippen LogP contribution < -0.4 is 10.7 Å². The standard InChI is InChI=1S/C21H14Cl2N2O3/c1-11-15(20(27)24-10-12-2-4-13(22)5-3-12)9-17-19(26)16-8-14(23)6-7-18(16)28-21(17)25-11/h2-9H,10H2,1H3,(H,24,27). The minimum atomic E-state index is -0.326. The molecule has 0 aliphatic rings. The van der Waals surface area contributed by atoms with Gasteiger partial charge in [0.05, 0.1) is 22.0 Å². The van der Waals surface area contributed by atoms with Gasteiger partial charge in [-0.05, 0) is 48.9 Å². The van der Waals surface area contributed by atoms with Crippen molar-refractivity contribution in [2.75, 3.05) is 0 Å². The molecular formula is C21H14Cl2N2O3. The van der Waals surface area contributed by atoms with Gasteiger partial charge in [-0.15, -0.1) is 0 Å². The molecule has 0 unspecified atom stereocenters. The zero-order chi connectivity index (χ0) is 19.8. The van der Waals surface area contributed by atoms with Gasteiger partial charge in [0.15, 0.2) is 0 Å². The first-order valence-electron chi connectivity index (χ1n) is 8.49. The Balaban J connectivity index is 1.72. The third kappa shape index (κ3) is 3.46. The molecule has 0 radical (unpaired) electrons. The molecular weight excluding hydrogens is 399 g/mol. The number of hydrogen-bond donors (Lipinski definition) is 1. The van der Waals surface area contributed by atoms with E-state index in [1.54, 1.807) is 37.3 Å². The third-order valence-electron chi connectivity index (χ3n) is 4.43. The van der Waals surface area contributed by atoms with Gasteiger partial charge in [-0.25, -0.2) is 4.98 Å². The number of carbonyl (C=O) groups excluding carboxylic acids is 1. The second kappa shape index (κ2) is 7.26. The van der Waals surface area contributed by atoms with Crippen LogP contribution in [0.4, 0.5) is 0 Å². The number of benzene rings is 2. The molecule has 7 heteroatoms. The summed E-state index contributed by atoms with van der Waals surface area (Å²) in [7, 11) is 0. The van der Waals surface area contributed by atoms with E-state index in [4.69, 9.17) is 27.6 Å². The Kier molecular flexibility index (Phi) is 4.79. The van der Waals surface area contributed by atoms with Crippen LogP contribution in [0.5, 0.6) is 0 Å². The number of aromatic nitrogens is 1. The quantitative estimate of drug-likeness (QED) is 0.486. The van der Waals surface area contributed by atoms with Gasteiger partial charge in [-0.3, -0.25) is 9.59 Å². The van der Waals surface area contributed by atoms with Gasteiger partial charge in [0, 0.05) is 16.6 Å². The number of amides is 1. The van der Waals surface area contributed by atoms with Crippen LogP contribution in [0.15, 0.2) is 57.7 Å². The molecule has 5 nitrogen and oxygen atoms in total. The second-order valence-corrected chi connectivity index (χ2v) is 7.23. The summed E-state index contributed by atoms with van der Waals surface area (Å²) in [6.45, 7) is 2.03. The Hall–Kier alpha value is -2.89. The summed E-state index contributed by atoms with van der Waals surface area (Å²) in [5.41, 5.74) is 2.00. The van der Waals surface area contributed by atoms with Crippen molar-refractivity contribution in [1.29, 1.82) is 0 Å². The van der Waals surface area contributed by atoms with E-state index >= 15 is 0 Å². The van der Waals surface area contributed by atoms with Crippen LogP contribution in [0.3, 0.4) is 0 Å². The summed E-state index contributed by atoms with van der Waals surface area (Å²) in [6.07, 6.45) is 0. The average molecular weight is 413 g/mol. The fourth-order valence-electron chi connectivity index (χ4n) is 2.95. The summed E-state index contributed by atoms with van der Waals surface area (Å²) in [5.74, 6) is -0.326. The van der Waals surface area contributed by atoms with E-state index in [-0.39, 0.29) is 22.4 Å². The summed E-state index contributed by atoms with van der Waals surface area (Å²) >= 11 is 11.9. The maximum absolute atomic E-state index is 12.8. The first kappa shape index (κ1) is 18.5. The largest absolute Gasteiger partial charge is 0.437 e. The maximum atomic E-state index is 12.8. The molecule has 0 aliphatic carbocycles. The molecule has 1 N–H and O–H groups in total. The van der Waals surface area contributed by atoms with Crippen molar-refractivity contribution in [1.82, 2.24) is 10.3 Å². The summed E-state index contributed by atoms with van der Waals surface area (Å²) in [4.78, 5) is 29.8. The monoisotopic (exact) mass is 412 g/mol. The lowest BCUT2D eigenvalue weighted by Gasteiger charge is -2.09. The minimum absolute atomic E-state index is 0.187. The smallest absolute Gasteiger partial charge is 0.253 e.